The molecule has 0 aromatic carbocycles. The van der Waals surface area contributed by atoms with Crippen LogP contribution in [-0.2, 0) is 13.1 Å². The van der Waals surface area contributed by atoms with Gasteiger partial charge < -0.3 is 9.55 Å². The molecule has 2 N–H and O–H groups in total. The number of fused-ring (bicyclic) bond motifs is 1. The molecule has 2 aromatic heterocycles. The number of imidazole rings is 1. The standard InChI is InChI=1S/C10H14N4O2S/c1-3-5-14-7-6(8(15)12-9(14)16)13(4-2)10(17)11-7/h3-5H2,1-2H3,(H,11,17)(H,12,15,16). The summed E-state index contributed by atoms with van der Waals surface area (Å²) in [5.74, 6) is 0. The Morgan fingerprint density at radius 3 is 2.47 bits per heavy atom. The molecule has 0 spiro atoms. The van der Waals surface area contributed by atoms with Gasteiger partial charge in [-0.05, 0) is 25.6 Å². The van der Waals surface area contributed by atoms with Crippen molar-refractivity contribution in [2.45, 2.75) is 33.4 Å². The summed E-state index contributed by atoms with van der Waals surface area (Å²) in [4.78, 5) is 28.7. The van der Waals surface area contributed by atoms with Gasteiger partial charge in [0.05, 0.1) is 0 Å². The quantitative estimate of drug-likeness (QED) is 0.802. The van der Waals surface area contributed by atoms with Crippen LogP contribution in [0, 0.1) is 4.77 Å². The van der Waals surface area contributed by atoms with Crippen LogP contribution < -0.4 is 11.2 Å². The van der Waals surface area contributed by atoms with Gasteiger partial charge >= 0.3 is 5.69 Å². The van der Waals surface area contributed by atoms with Gasteiger partial charge in [-0.15, -0.1) is 0 Å². The summed E-state index contributed by atoms with van der Waals surface area (Å²) in [7, 11) is 0. The average Bonchev–Trinajstić information content (AvgIpc) is 2.61. The molecule has 0 saturated carbocycles. The Balaban J connectivity index is 2.99. The minimum absolute atomic E-state index is 0.397. The molecule has 17 heavy (non-hydrogen) atoms. The molecule has 2 rings (SSSR count). The molecule has 2 heterocycles. The van der Waals surface area contributed by atoms with Crippen molar-refractivity contribution >= 4 is 23.4 Å². The normalized spacial score (nSPS) is 11.2. The average molecular weight is 254 g/mol. The van der Waals surface area contributed by atoms with E-state index in [-0.39, 0.29) is 0 Å². The Bertz CT molecular complexity index is 718. The van der Waals surface area contributed by atoms with E-state index in [1.807, 2.05) is 13.8 Å². The van der Waals surface area contributed by atoms with Gasteiger partial charge in [0.15, 0.2) is 10.3 Å². The molecule has 0 saturated heterocycles. The van der Waals surface area contributed by atoms with Crippen molar-refractivity contribution in [1.29, 1.82) is 0 Å². The smallest absolute Gasteiger partial charge is 0.316 e. The SMILES string of the molecule is CCCn1c(=O)[nH]c(=O)c2c1[nH]c(=S)n2CC. The van der Waals surface area contributed by atoms with E-state index < -0.39 is 11.2 Å². The molecule has 7 heteroatoms. The fourth-order valence-electron chi connectivity index (χ4n) is 1.95. The van der Waals surface area contributed by atoms with Crippen molar-refractivity contribution in [3.05, 3.63) is 25.6 Å². The third kappa shape index (κ3) is 1.76. The van der Waals surface area contributed by atoms with Crippen LogP contribution in [-0.4, -0.2) is 19.1 Å². The van der Waals surface area contributed by atoms with Crippen LogP contribution >= 0.6 is 12.2 Å². The maximum absolute atomic E-state index is 11.8. The third-order valence-corrected chi connectivity index (χ3v) is 3.00. The zero-order valence-electron chi connectivity index (χ0n) is 9.74. The lowest BCUT2D eigenvalue weighted by Crippen LogP contribution is -2.31. The lowest BCUT2D eigenvalue weighted by Gasteiger charge is -2.04. The lowest BCUT2D eigenvalue weighted by molar-refractivity contribution is 0.651. The first-order valence-corrected chi connectivity index (χ1v) is 5.96. The minimum atomic E-state index is -0.399. The van der Waals surface area contributed by atoms with Crippen LogP contribution in [0.2, 0.25) is 0 Å². The summed E-state index contributed by atoms with van der Waals surface area (Å²) in [6.07, 6.45) is 0.805. The molecule has 6 nitrogen and oxygen atoms in total. The number of rotatable bonds is 3. The molecule has 0 amide bonds. The molecule has 0 aliphatic rings. The number of aryl methyl sites for hydroxylation is 2. The molecule has 0 aliphatic heterocycles. The second-order valence-corrected chi connectivity index (χ2v) is 4.17. The van der Waals surface area contributed by atoms with Crippen molar-refractivity contribution in [2.75, 3.05) is 0 Å². The Morgan fingerprint density at radius 2 is 1.88 bits per heavy atom. The van der Waals surface area contributed by atoms with E-state index in [2.05, 4.69) is 9.97 Å². The van der Waals surface area contributed by atoms with Crippen molar-refractivity contribution in [3.63, 3.8) is 0 Å². The maximum Gasteiger partial charge on any atom is 0.330 e. The minimum Gasteiger partial charge on any atom is -0.316 e. The van der Waals surface area contributed by atoms with Gasteiger partial charge in [-0.25, -0.2) is 4.79 Å². The molecule has 0 fully saturated rings. The molecule has 0 atom stereocenters. The Labute approximate surface area is 102 Å². The highest BCUT2D eigenvalue weighted by Crippen LogP contribution is 2.08. The summed E-state index contributed by atoms with van der Waals surface area (Å²) >= 11 is 5.14. The highest BCUT2D eigenvalue weighted by atomic mass is 32.1. The third-order valence-electron chi connectivity index (χ3n) is 2.68. The van der Waals surface area contributed by atoms with Gasteiger partial charge in [0, 0.05) is 13.1 Å². The Hall–Kier alpha value is -1.63. The van der Waals surface area contributed by atoms with E-state index >= 15 is 0 Å². The van der Waals surface area contributed by atoms with Crippen LogP contribution in [0.4, 0.5) is 0 Å². The highest BCUT2D eigenvalue weighted by Gasteiger charge is 2.12. The molecule has 0 aliphatic carbocycles. The summed E-state index contributed by atoms with van der Waals surface area (Å²) < 4.78 is 3.66. The zero-order chi connectivity index (χ0) is 12.6. The van der Waals surface area contributed by atoms with E-state index in [1.165, 1.54) is 4.57 Å². The molecule has 2 aromatic rings. The largest absolute Gasteiger partial charge is 0.330 e. The summed E-state index contributed by atoms with van der Waals surface area (Å²) in [6, 6.07) is 0. The van der Waals surface area contributed by atoms with Gasteiger partial charge in [0.1, 0.15) is 5.65 Å². The van der Waals surface area contributed by atoms with Crippen molar-refractivity contribution in [1.82, 2.24) is 19.1 Å². The van der Waals surface area contributed by atoms with Crippen molar-refractivity contribution in [2.24, 2.45) is 0 Å². The van der Waals surface area contributed by atoms with E-state index in [0.717, 1.165) is 6.42 Å². The number of aromatic nitrogens is 4. The summed E-state index contributed by atoms with van der Waals surface area (Å²) in [6.45, 7) is 5.00. The van der Waals surface area contributed by atoms with Crippen LogP contribution in [0.15, 0.2) is 9.59 Å². The summed E-state index contributed by atoms with van der Waals surface area (Å²) in [5, 5.41) is 0. The Morgan fingerprint density at radius 1 is 1.18 bits per heavy atom. The first-order valence-electron chi connectivity index (χ1n) is 5.55. The zero-order valence-corrected chi connectivity index (χ0v) is 10.6. The number of hydrogen-bond acceptors (Lipinski definition) is 3. The Kier molecular flexibility index (Phi) is 3.01. The van der Waals surface area contributed by atoms with Crippen molar-refractivity contribution < 1.29 is 0 Å². The van der Waals surface area contributed by atoms with Crippen LogP contribution in [0.3, 0.4) is 0 Å². The van der Waals surface area contributed by atoms with Crippen molar-refractivity contribution in [3.8, 4) is 0 Å². The number of H-pyrrole nitrogens is 2. The molecule has 92 valence electrons. The van der Waals surface area contributed by atoms with E-state index in [9.17, 15) is 9.59 Å². The second-order valence-electron chi connectivity index (χ2n) is 3.78. The highest BCUT2D eigenvalue weighted by molar-refractivity contribution is 7.71. The molecule has 0 radical (unpaired) electrons. The van der Waals surface area contributed by atoms with Gasteiger partial charge in [-0.1, -0.05) is 6.92 Å². The first-order chi connectivity index (χ1) is 8.10. The number of aromatic amines is 2. The monoisotopic (exact) mass is 254 g/mol. The van der Waals surface area contributed by atoms with Gasteiger partial charge in [-0.2, -0.15) is 0 Å². The number of nitrogens with one attached hydrogen (secondary N) is 2. The molecule has 0 bridgehead atoms. The topological polar surface area (TPSA) is 75.6 Å². The second kappa shape index (κ2) is 4.33. The lowest BCUT2D eigenvalue weighted by atomic mass is 10.4. The van der Waals surface area contributed by atoms with E-state index in [0.29, 0.717) is 29.0 Å². The van der Waals surface area contributed by atoms with Crippen LogP contribution in [0.5, 0.6) is 0 Å². The van der Waals surface area contributed by atoms with Gasteiger partial charge in [0.2, 0.25) is 0 Å². The van der Waals surface area contributed by atoms with Gasteiger partial charge in [0.25, 0.3) is 5.56 Å². The number of hydrogen-bond donors (Lipinski definition) is 2. The maximum atomic E-state index is 11.8. The number of nitrogens with zero attached hydrogens (tertiary/aromatic N) is 2. The first kappa shape index (κ1) is 11.8. The fourth-order valence-corrected chi connectivity index (χ4v) is 2.26. The summed E-state index contributed by atoms with van der Waals surface area (Å²) in [5.41, 5.74) is 0.147. The predicted octanol–water partition coefficient (Wildman–Crippen LogP) is 0.979. The van der Waals surface area contributed by atoms with Crippen LogP contribution in [0.25, 0.3) is 11.2 Å². The van der Waals surface area contributed by atoms with E-state index in [1.54, 1.807) is 4.57 Å². The molecular formula is C10H14N4O2S. The fraction of sp³-hybridized carbons (Fsp3) is 0.500. The van der Waals surface area contributed by atoms with Crippen LogP contribution in [0.1, 0.15) is 20.3 Å². The van der Waals surface area contributed by atoms with Gasteiger partial charge in [-0.3, -0.25) is 14.3 Å². The van der Waals surface area contributed by atoms with E-state index in [4.69, 9.17) is 12.2 Å². The molecule has 0 unspecified atom stereocenters. The predicted molar refractivity (Wildman–Crippen MR) is 68.0 cm³/mol. The molecular weight excluding hydrogens is 240 g/mol.